The number of rotatable bonds is 3. The third kappa shape index (κ3) is 3.98. The molecule has 0 spiro atoms. The molecule has 1 heterocycles. The van der Waals surface area contributed by atoms with Gasteiger partial charge in [-0.25, -0.2) is 0 Å². The second kappa shape index (κ2) is 7.77. The molecule has 160 valence electrons. The van der Waals surface area contributed by atoms with E-state index in [1.165, 1.54) is 23.1 Å². The van der Waals surface area contributed by atoms with E-state index >= 15 is 0 Å². The summed E-state index contributed by atoms with van der Waals surface area (Å²) >= 11 is 12.5. The summed E-state index contributed by atoms with van der Waals surface area (Å²) in [5, 5.41) is 11.7. The number of nitrogens with zero attached hydrogens (tertiary/aromatic N) is 2. The molecule has 1 unspecified atom stereocenters. The van der Waals surface area contributed by atoms with Crippen LogP contribution in [0.1, 0.15) is 44.6 Å². The van der Waals surface area contributed by atoms with Crippen LogP contribution in [0.3, 0.4) is 0 Å². The van der Waals surface area contributed by atoms with Crippen molar-refractivity contribution in [3.8, 4) is 0 Å². The van der Waals surface area contributed by atoms with Crippen molar-refractivity contribution in [2.24, 2.45) is 5.41 Å². The Morgan fingerprint density at radius 3 is 2.48 bits per heavy atom. The largest absolute Gasteiger partial charge is 0.294 e. The molecule has 0 aromatic heterocycles. The second-order valence-electron chi connectivity index (χ2n) is 8.74. The average molecular weight is 459 g/mol. The molecule has 2 aliphatic rings. The van der Waals surface area contributed by atoms with E-state index in [0.29, 0.717) is 34.8 Å². The fraction of sp³-hybridized carbons (Fsp3) is 0.304. The van der Waals surface area contributed by atoms with Gasteiger partial charge < -0.3 is 0 Å². The van der Waals surface area contributed by atoms with E-state index < -0.39 is 10.8 Å². The van der Waals surface area contributed by atoms with E-state index in [-0.39, 0.29) is 34.2 Å². The number of hydrogen-bond donors (Lipinski definition) is 0. The molecular weight excluding hydrogens is 439 g/mol. The van der Waals surface area contributed by atoms with Crippen molar-refractivity contribution in [3.63, 3.8) is 0 Å². The van der Waals surface area contributed by atoms with E-state index in [2.05, 4.69) is 0 Å². The Hall–Kier alpha value is -2.70. The monoisotopic (exact) mass is 458 g/mol. The minimum absolute atomic E-state index is 0.00763. The Labute approximate surface area is 189 Å². The first-order valence-corrected chi connectivity index (χ1v) is 10.6. The Kier molecular flexibility index (Phi) is 5.40. The number of halogens is 2. The maximum Gasteiger partial charge on any atom is 0.271 e. The first kappa shape index (κ1) is 21.5. The smallest absolute Gasteiger partial charge is 0.271 e. The van der Waals surface area contributed by atoms with Crippen molar-refractivity contribution in [2.75, 3.05) is 4.90 Å². The quantitative estimate of drug-likeness (QED) is 0.413. The van der Waals surface area contributed by atoms with Crippen LogP contribution in [0, 0.1) is 15.5 Å². The highest BCUT2D eigenvalue weighted by molar-refractivity contribution is 6.34. The second-order valence-corrected chi connectivity index (χ2v) is 9.58. The fourth-order valence-corrected chi connectivity index (χ4v) is 4.95. The highest BCUT2D eigenvalue weighted by Gasteiger charge is 2.44. The summed E-state index contributed by atoms with van der Waals surface area (Å²) in [6.45, 7) is 3.97. The number of amides is 1. The van der Waals surface area contributed by atoms with Crippen LogP contribution in [0.15, 0.2) is 53.7 Å². The number of ketones is 1. The molecule has 8 heteroatoms. The molecule has 1 aliphatic heterocycles. The predicted octanol–water partition coefficient (Wildman–Crippen LogP) is 6.07. The van der Waals surface area contributed by atoms with Gasteiger partial charge in [0.05, 0.1) is 15.6 Å². The van der Waals surface area contributed by atoms with Crippen molar-refractivity contribution >= 4 is 46.3 Å². The highest BCUT2D eigenvalue weighted by Crippen LogP contribution is 2.49. The molecular formula is C23H20Cl2N2O4. The topological polar surface area (TPSA) is 80.5 Å². The first-order chi connectivity index (χ1) is 14.6. The van der Waals surface area contributed by atoms with Crippen LogP contribution in [0.4, 0.5) is 11.4 Å². The molecule has 4 rings (SSSR count). The SMILES string of the molecule is CC1(C)CC(=O)C2=C(C1)N(c1ccc([N+](=O)[O-])cc1Cl)C(=O)CC2c1cccc(Cl)c1. The summed E-state index contributed by atoms with van der Waals surface area (Å²) in [5.74, 6) is -0.616. The molecule has 0 fully saturated rings. The molecule has 1 amide bonds. The van der Waals surface area contributed by atoms with Gasteiger partial charge in [-0.1, -0.05) is 49.2 Å². The van der Waals surface area contributed by atoms with Gasteiger partial charge in [-0.3, -0.25) is 24.6 Å². The molecule has 1 atom stereocenters. The van der Waals surface area contributed by atoms with Crippen molar-refractivity contribution < 1.29 is 14.5 Å². The van der Waals surface area contributed by atoms with Gasteiger partial charge in [-0.15, -0.1) is 0 Å². The van der Waals surface area contributed by atoms with Gasteiger partial charge in [-0.2, -0.15) is 0 Å². The van der Waals surface area contributed by atoms with E-state index in [0.717, 1.165) is 5.56 Å². The average Bonchev–Trinajstić information content (AvgIpc) is 2.67. The van der Waals surface area contributed by atoms with Gasteiger partial charge in [0, 0.05) is 47.2 Å². The Bertz CT molecular complexity index is 1160. The molecule has 0 N–H and O–H groups in total. The molecule has 2 aromatic carbocycles. The summed E-state index contributed by atoms with van der Waals surface area (Å²) in [4.78, 5) is 38.7. The zero-order chi connectivity index (χ0) is 22.5. The van der Waals surface area contributed by atoms with Crippen LogP contribution in [0.2, 0.25) is 10.0 Å². The molecule has 2 aromatic rings. The van der Waals surface area contributed by atoms with Crippen LogP contribution >= 0.6 is 23.2 Å². The summed E-state index contributed by atoms with van der Waals surface area (Å²) < 4.78 is 0. The standard InChI is InChI=1S/C23H20Cl2N2O4/c1-23(2)11-19-22(20(28)12-23)16(13-4-3-5-14(24)8-13)10-21(29)26(19)18-7-6-15(27(30)31)9-17(18)25/h3-9,16H,10-12H2,1-2H3. The number of nitro benzene ring substituents is 1. The zero-order valence-corrected chi connectivity index (χ0v) is 18.5. The van der Waals surface area contributed by atoms with E-state index in [1.807, 2.05) is 19.9 Å². The molecule has 31 heavy (non-hydrogen) atoms. The van der Waals surface area contributed by atoms with E-state index in [1.54, 1.807) is 18.2 Å². The summed E-state index contributed by atoms with van der Waals surface area (Å²) in [5.41, 5.74) is 1.87. The van der Waals surface area contributed by atoms with Gasteiger partial charge in [0.15, 0.2) is 5.78 Å². The minimum Gasteiger partial charge on any atom is -0.294 e. The van der Waals surface area contributed by atoms with Crippen molar-refractivity contribution in [3.05, 3.63) is 79.5 Å². The third-order valence-corrected chi connectivity index (χ3v) is 6.31. The number of non-ortho nitro benzene ring substituents is 1. The summed E-state index contributed by atoms with van der Waals surface area (Å²) in [6, 6.07) is 11.2. The Balaban J connectivity index is 1.90. The number of hydrogen-bond acceptors (Lipinski definition) is 4. The van der Waals surface area contributed by atoms with Crippen molar-refractivity contribution in [1.29, 1.82) is 0 Å². The normalized spacial score (nSPS) is 20.6. The van der Waals surface area contributed by atoms with Gasteiger partial charge in [0.2, 0.25) is 5.91 Å². The van der Waals surface area contributed by atoms with Crippen LogP contribution in [0.5, 0.6) is 0 Å². The minimum atomic E-state index is -0.541. The summed E-state index contributed by atoms with van der Waals surface area (Å²) in [7, 11) is 0. The number of carbonyl (C=O) groups excluding carboxylic acids is 2. The fourth-order valence-electron chi connectivity index (χ4n) is 4.49. The van der Waals surface area contributed by atoms with Gasteiger partial charge in [0.1, 0.15) is 0 Å². The number of allylic oxidation sites excluding steroid dienone is 2. The third-order valence-electron chi connectivity index (χ3n) is 5.78. The molecule has 6 nitrogen and oxygen atoms in total. The number of carbonyl (C=O) groups is 2. The predicted molar refractivity (Wildman–Crippen MR) is 119 cm³/mol. The van der Waals surface area contributed by atoms with Gasteiger partial charge in [-0.05, 0) is 35.6 Å². The molecule has 0 saturated carbocycles. The van der Waals surface area contributed by atoms with Crippen molar-refractivity contribution in [2.45, 2.75) is 39.0 Å². The lowest BCUT2D eigenvalue weighted by atomic mass is 9.69. The van der Waals surface area contributed by atoms with E-state index in [9.17, 15) is 19.7 Å². The zero-order valence-electron chi connectivity index (χ0n) is 17.0. The number of anilines is 1. The van der Waals surface area contributed by atoms with Crippen LogP contribution < -0.4 is 4.90 Å². The van der Waals surface area contributed by atoms with E-state index in [4.69, 9.17) is 23.2 Å². The number of Topliss-reactive ketones (excluding diaryl/α,β-unsaturated/α-hetero) is 1. The number of benzene rings is 2. The lowest BCUT2D eigenvalue weighted by Gasteiger charge is -2.43. The van der Waals surface area contributed by atoms with Crippen molar-refractivity contribution in [1.82, 2.24) is 0 Å². The molecule has 0 bridgehead atoms. The maximum atomic E-state index is 13.4. The van der Waals surface area contributed by atoms with Crippen LogP contribution in [-0.4, -0.2) is 16.6 Å². The highest BCUT2D eigenvalue weighted by atomic mass is 35.5. The Morgan fingerprint density at radius 2 is 1.84 bits per heavy atom. The molecule has 0 radical (unpaired) electrons. The van der Waals surface area contributed by atoms with Gasteiger partial charge >= 0.3 is 0 Å². The number of nitro groups is 1. The van der Waals surface area contributed by atoms with Gasteiger partial charge in [0.25, 0.3) is 5.69 Å². The molecule has 1 aliphatic carbocycles. The van der Waals surface area contributed by atoms with Crippen LogP contribution in [-0.2, 0) is 9.59 Å². The van der Waals surface area contributed by atoms with Crippen LogP contribution in [0.25, 0.3) is 0 Å². The lowest BCUT2D eigenvalue weighted by molar-refractivity contribution is -0.384. The Morgan fingerprint density at radius 1 is 1.10 bits per heavy atom. The maximum absolute atomic E-state index is 13.4. The summed E-state index contributed by atoms with van der Waals surface area (Å²) in [6.07, 6.45) is 0.960. The first-order valence-electron chi connectivity index (χ1n) is 9.86. The lowest BCUT2D eigenvalue weighted by Crippen LogP contribution is -2.43. The molecule has 0 saturated heterocycles.